The molecule has 3 nitrogen and oxygen atoms in total. The van der Waals surface area contributed by atoms with E-state index < -0.39 is 12.8 Å². The minimum atomic E-state index is -4.31. The monoisotopic (exact) mass is 366 g/mol. The van der Waals surface area contributed by atoms with Crippen molar-refractivity contribution in [2.24, 2.45) is 5.92 Å². The van der Waals surface area contributed by atoms with Gasteiger partial charge in [-0.2, -0.15) is 13.2 Å². The summed E-state index contributed by atoms with van der Waals surface area (Å²) in [5.41, 5.74) is 0.824. The summed E-state index contributed by atoms with van der Waals surface area (Å²) >= 11 is 0. The Bertz CT molecular complexity index is 477. The quantitative estimate of drug-likeness (QED) is 0.792. The molecule has 2 rings (SSSR count). The van der Waals surface area contributed by atoms with Gasteiger partial charge >= 0.3 is 6.18 Å². The van der Waals surface area contributed by atoms with E-state index in [1.165, 1.54) is 6.42 Å². The van der Waals surface area contributed by atoms with Crippen molar-refractivity contribution in [1.82, 2.24) is 10.2 Å². The number of alkyl halides is 3. The second-order valence-corrected chi connectivity index (χ2v) is 6.12. The van der Waals surface area contributed by atoms with Crippen molar-refractivity contribution in [1.29, 1.82) is 0 Å². The summed E-state index contributed by atoms with van der Waals surface area (Å²) in [7, 11) is 1.97. The summed E-state index contributed by atoms with van der Waals surface area (Å²) in [4.78, 5) is 2.30. The number of para-hydroxylation sites is 1. The maximum atomic E-state index is 12.3. The molecule has 24 heavy (non-hydrogen) atoms. The molecule has 0 bridgehead atoms. The van der Waals surface area contributed by atoms with Crippen LogP contribution in [0.5, 0.6) is 5.75 Å². The van der Waals surface area contributed by atoms with E-state index in [0.717, 1.165) is 44.0 Å². The molecule has 1 saturated heterocycles. The fourth-order valence-corrected chi connectivity index (χ4v) is 2.96. The lowest BCUT2D eigenvalue weighted by Crippen LogP contribution is -2.34. The van der Waals surface area contributed by atoms with Gasteiger partial charge in [-0.25, -0.2) is 0 Å². The topological polar surface area (TPSA) is 24.5 Å². The molecule has 1 heterocycles. The smallest absolute Gasteiger partial charge is 0.422 e. The van der Waals surface area contributed by atoms with Crippen LogP contribution in [0.1, 0.15) is 24.8 Å². The van der Waals surface area contributed by atoms with Gasteiger partial charge in [-0.05, 0) is 57.9 Å². The summed E-state index contributed by atoms with van der Waals surface area (Å²) < 4.78 is 42.0. The Balaban J connectivity index is 0.00000288. The highest BCUT2D eigenvalue weighted by Gasteiger charge is 2.29. The van der Waals surface area contributed by atoms with Gasteiger partial charge in [0.15, 0.2) is 6.61 Å². The number of rotatable bonds is 7. The Morgan fingerprint density at radius 1 is 1.21 bits per heavy atom. The van der Waals surface area contributed by atoms with Crippen LogP contribution in [0, 0.1) is 5.92 Å². The summed E-state index contributed by atoms with van der Waals surface area (Å²) in [5.74, 6) is 1.08. The van der Waals surface area contributed by atoms with E-state index in [4.69, 9.17) is 4.74 Å². The summed E-state index contributed by atoms with van der Waals surface area (Å²) in [6, 6.07) is 7.01. The summed E-state index contributed by atoms with van der Waals surface area (Å²) in [6.45, 7) is 2.42. The first-order chi connectivity index (χ1) is 11.0. The van der Waals surface area contributed by atoms with Gasteiger partial charge in [-0.15, -0.1) is 12.4 Å². The third-order valence-electron chi connectivity index (χ3n) is 4.27. The molecular weight excluding hydrogens is 341 g/mol. The zero-order chi connectivity index (χ0) is 16.7. The highest BCUT2D eigenvalue weighted by atomic mass is 35.5. The Morgan fingerprint density at radius 3 is 2.50 bits per heavy atom. The number of nitrogens with one attached hydrogen (secondary N) is 1. The first kappa shape index (κ1) is 21.1. The molecule has 0 spiro atoms. The largest absolute Gasteiger partial charge is 0.484 e. The van der Waals surface area contributed by atoms with Crippen molar-refractivity contribution in [2.75, 3.05) is 33.3 Å². The maximum Gasteiger partial charge on any atom is 0.422 e. The molecule has 0 radical (unpaired) electrons. The van der Waals surface area contributed by atoms with Crippen LogP contribution in [0.4, 0.5) is 13.2 Å². The number of halogens is 4. The number of benzene rings is 1. The van der Waals surface area contributed by atoms with Crippen LogP contribution in [0.25, 0.3) is 0 Å². The van der Waals surface area contributed by atoms with E-state index in [-0.39, 0.29) is 12.4 Å². The molecule has 0 saturated carbocycles. The SMILES string of the molecule is CNCCC1CCN(Cc2ccccc2OCC(F)(F)F)CC1.Cl. The van der Waals surface area contributed by atoms with Crippen molar-refractivity contribution in [3.8, 4) is 5.75 Å². The molecule has 1 aliphatic heterocycles. The van der Waals surface area contributed by atoms with Crippen molar-refractivity contribution < 1.29 is 17.9 Å². The molecule has 1 fully saturated rings. The Morgan fingerprint density at radius 2 is 1.88 bits per heavy atom. The number of hydrogen-bond acceptors (Lipinski definition) is 3. The van der Waals surface area contributed by atoms with Crippen LogP contribution in [-0.4, -0.2) is 44.4 Å². The third kappa shape index (κ3) is 7.28. The average Bonchev–Trinajstić information content (AvgIpc) is 2.53. The first-order valence-electron chi connectivity index (χ1n) is 8.12. The van der Waals surface area contributed by atoms with Crippen LogP contribution in [0.15, 0.2) is 24.3 Å². The van der Waals surface area contributed by atoms with Crippen molar-refractivity contribution in [3.05, 3.63) is 29.8 Å². The van der Waals surface area contributed by atoms with Gasteiger partial charge in [0.2, 0.25) is 0 Å². The highest BCUT2D eigenvalue weighted by Crippen LogP contribution is 2.26. The molecule has 1 aliphatic rings. The Labute approximate surface area is 148 Å². The normalized spacial score (nSPS) is 16.7. The first-order valence-corrected chi connectivity index (χ1v) is 8.12. The number of likely N-dealkylation sites (tertiary alicyclic amines) is 1. The Kier molecular flexibility index (Phi) is 8.87. The van der Waals surface area contributed by atoms with Crippen molar-refractivity contribution in [3.63, 3.8) is 0 Å². The van der Waals surface area contributed by atoms with Gasteiger partial charge in [0.05, 0.1) is 0 Å². The molecule has 0 amide bonds. The van der Waals surface area contributed by atoms with E-state index in [2.05, 4.69) is 10.2 Å². The van der Waals surface area contributed by atoms with Gasteiger partial charge in [-0.1, -0.05) is 18.2 Å². The fraction of sp³-hybridized carbons (Fsp3) is 0.647. The average molecular weight is 367 g/mol. The molecule has 0 unspecified atom stereocenters. The predicted molar refractivity (Wildman–Crippen MR) is 91.8 cm³/mol. The highest BCUT2D eigenvalue weighted by molar-refractivity contribution is 5.85. The Hall–Kier alpha value is -0.980. The third-order valence-corrected chi connectivity index (χ3v) is 4.27. The zero-order valence-corrected chi connectivity index (χ0v) is 14.8. The van der Waals surface area contributed by atoms with Gasteiger partial charge < -0.3 is 10.1 Å². The van der Waals surface area contributed by atoms with Gasteiger partial charge in [0.25, 0.3) is 0 Å². The summed E-state index contributed by atoms with van der Waals surface area (Å²) in [6.07, 6.45) is -0.825. The molecule has 0 aliphatic carbocycles. The number of piperidine rings is 1. The number of nitrogens with zero attached hydrogens (tertiary/aromatic N) is 1. The van der Waals surface area contributed by atoms with Crippen molar-refractivity contribution in [2.45, 2.75) is 32.0 Å². The molecule has 1 aromatic carbocycles. The second-order valence-electron chi connectivity index (χ2n) is 6.12. The molecule has 138 valence electrons. The maximum absolute atomic E-state index is 12.3. The fourth-order valence-electron chi connectivity index (χ4n) is 2.96. The lowest BCUT2D eigenvalue weighted by Gasteiger charge is -2.32. The molecule has 1 aromatic rings. The molecule has 1 N–H and O–H groups in total. The van der Waals surface area contributed by atoms with Gasteiger partial charge in [0, 0.05) is 12.1 Å². The van der Waals surface area contributed by atoms with E-state index in [1.54, 1.807) is 12.1 Å². The minimum absolute atomic E-state index is 0. The van der Waals surface area contributed by atoms with Crippen LogP contribution < -0.4 is 10.1 Å². The molecule has 0 atom stereocenters. The summed E-state index contributed by atoms with van der Waals surface area (Å²) in [5, 5.41) is 3.18. The molecule has 0 aromatic heterocycles. The standard InChI is InChI=1S/C17H25F3N2O.ClH/c1-21-9-6-14-7-10-22(11-8-14)12-15-4-2-3-5-16(15)23-13-17(18,19)20;/h2-5,14,21H,6-13H2,1H3;1H. The zero-order valence-electron chi connectivity index (χ0n) is 13.9. The lowest BCUT2D eigenvalue weighted by atomic mass is 9.93. The predicted octanol–water partition coefficient (Wildman–Crippen LogP) is 3.87. The lowest BCUT2D eigenvalue weighted by molar-refractivity contribution is -0.153. The van der Waals surface area contributed by atoms with Crippen molar-refractivity contribution >= 4 is 12.4 Å². The minimum Gasteiger partial charge on any atom is -0.484 e. The number of hydrogen-bond donors (Lipinski definition) is 1. The van der Waals surface area contributed by atoms with E-state index in [1.807, 2.05) is 19.2 Å². The van der Waals surface area contributed by atoms with E-state index in [9.17, 15) is 13.2 Å². The van der Waals surface area contributed by atoms with E-state index >= 15 is 0 Å². The molecular formula is C17H26ClF3N2O. The van der Waals surface area contributed by atoms with Gasteiger partial charge in [-0.3, -0.25) is 4.90 Å². The van der Waals surface area contributed by atoms with Crippen LogP contribution >= 0.6 is 12.4 Å². The van der Waals surface area contributed by atoms with E-state index in [0.29, 0.717) is 12.3 Å². The van der Waals surface area contributed by atoms with Gasteiger partial charge in [0.1, 0.15) is 5.75 Å². The second kappa shape index (κ2) is 10.1. The van der Waals surface area contributed by atoms with Crippen LogP contribution in [-0.2, 0) is 6.54 Å². The van der Waals surface area contributed by atoms with Crippen LogP contribution in [0.3, 0.4) is 0 Å². The van der Waals surface area contributed by atoms with Crippen LogP contribution in [0.2, 0.25) is 0 Å². The molecule has 7 heteroatoms. The number of ether oxygens (including phenoxy) is 1.